The number of hydrogen-bond acceptors (Lipinski definition) is 11. The van der Waals surface area contributed by atoms with Gasteiger partial charge in [-0.25, -0.2) is 23.7 Å². The van der Waals surface area contributed by atoms with E-state index in [4.69, 9.17) is 14.7 Å². The third kappa shape index (κ3) is 7.09. The molecule has 0 spiro atoms. The molecule has 3 aromatic heterocycles. The zero-order valence-electron chi connectivity index (χ0n) is 27.4. The van der Waals surface area contributed by atoms with E-state index in [1.54, 1.807) is 17.2 Å². The number of aliphatic hydroxyl groups is 1. The molecule has 0 unspecified atom stereocenters. The fourth-order valence-electron chi connectivity index (χ4n) is 5.92. The summed E-state index contributed by atoms with van der Waals surface area (Å²) in [4.78, 5) is 45.4. The minimum Gasteiger partial charge on any atom is -0.493 e. The summed E-state index contributed by atoms with van der Waals surface area (Å²) in [5, 5.41) is 16.7. The summed E-state index contributed by atoms with van der Waals surface area (Å²) in [5.41, 5.74) is 0.998. The summed E-state index contributed by atoms with van der Waals surface area (Å²) in [6, 6.07) is 9.28. The molecule has 2 aliphatic carbocycles. The number of nitrogens with one attached hydrogen (secondary N) is 2. The van der Waals surface area contributed by atoms with Crippen molar-refractivity contribution >= 4 is 51.3 Å². The number of amides is 2. The molecule has 15 heteroatoms. The molecule has 4 heterocycles. The van der Waals surface area contributed by atoms with Gasteiger partial charge in [-0.3, -0.25) is 9.59 Å². The van der Waals surface area contributed by atoms with E-state index in [1.165, 1.54) is 25.4 Å². The summed E-state index contributed by atoms with van der Waals surface area (Å²) in [6.07, 6.45) is 7.99. The quantitative estimate of drug-likeness (QED) is 0.169. The Morgan fingerprint density at radius 1 is 1.12 bits per heavy atom. The Hall–Kier alpha value is -5.15. The number of piperazine rings is 1. The molecule has 1 saturated heterocycles. The Balaban J connectivity index is 1.16. The first-order valence-corrected chi connectivity index (χ1v) is 17.2. The van der Waals surface area contributed by atoms with Crippen LogP contribution in [0.15, 0.2) is 61.4 Å². The largest absolute Gasteiger partial charge is 0.493 e. The highest BCUT2D eigenvalue weighted by molar-refractivity contribution is 7.17. The smallest absolute Gasteiger partial charge is 0.267 e. The maximum atomic E-state index is 14.1. The monoisotopic (exact) mass is 702 g/mol. The third-order valence-corrected chi connectivity index (χ3v) is 9.94. The summed E-state index contributed by atoms with van der Waals surface area (Å²) < 4.78 is 33.8. The number of hydrogen-bond donors (Lipinski definition) is 3. The van der Waals surface area contributed by atoms with Crippen molar-refractivity contribution in [2.24, 2.45) is 0 Å². The zero-order chi connectivity index (χ0) is 35.0. The Labute approximate surface area is 291 Å². The highest BCUT2D eigenvalue weighted by atomic mass is 32.1. The van der Waals surface area contributed by atoms with Gasteiger partial charge < -0.3 is 35.2 Å². The van der Waals surface area contributed by atoms with Gasteiger partial charge >= 0.3 is 0 Å². The number of anilines is 5. The highest BCUT2D eigenvalue weighted by Gasteiger charge is 2.45. The molecule has 0 bridgehead atoms. The van der Waals surface area contributed by atoms with Gasteiger partial charge in [0.05, 0.1) is 30.3 Å². The first-order chi connectivity index (χ1) is 24.1. The second-order valence-corrected chi connectivity index (χ2v) is 13.7. The SMILES string of the molecule is C=CC(=O)N1CCN(c2ncc(-c3ccc(OC)c(Nc4ncc(C(=O)Nc5c(F)cccc5F)s4)n3)cc2N(CC2(O)CC2)C2CC2)CC1. The predicted octanol–water partition coefficient (Wildman–Crippen LogP) is 5.21. The van der Waals surface area contributed by atoms with Crippen LogP contribution in [0.25, 0.3) is 11.3 Å². The Bertz CT molecular complexity index is 1920. The van der Waals surface area contributed by atoms with Crippen LogP contribution < -0.4 is 25.2 Å². The molecular weight excluding hydrogens is 666 g/mol. The van der Waals surface area contributed by atoms with Gasteiger partial charge in [-0.15, -0.1) is 0 Å². The molecule has 3 fully saturated rings. The molecule has 50 heavy (non-hydrogen) atoms. The molecule has 4 aromatic rings. The zero-order valence-corrected chi connectivity index (χ0v) is 28.2. The van der Waals surface area contributed by atoms with E-state index in [0.717, 1.165) is 66.2 Å². The molecule has 12 nitrogen and oxygen atoms in total. The van der Waals surface area contributed by atoms with Gasteiger partial charge in [-0.1, -0.05) is 24.0 Å². The number of pyridine rings is 2. The van der Waals surface area contributed by atoms with Crippen LogP contribution in [0.2, 0.25) is 0 Å². The average molecular weight is 703 g/mol. The molecule has 2 saturated carbocycles. The van der Waals surface area contributed by atoms with Crippen LogP contribution in [0.4, 0.5) is 36.9 Å². The molecule has 3 aliphatic rings. The van der Waals surface area contributed by atoms with Gasteiger partial charge in [0.15, 0.2) is 22.5 Å². The van der Waals surface area contributed by atoms with Gasteiger partial charge in [0, 0.05) is 50.5 Å². The van der Waals surface area contributed by atoms with Gasteiger partial charge in [0.25, 0.3) is 5.91 Å². The van der Waals surface area contributed by atoms with Crippen molar-refractivity contribution in [3.63, 3.8) is 0 Å². The Morgan fingerprint density at radius 2 is 1.86 bits per heavy atom. The molecule has 1 aliphatic heterocycles. The molecule has 7 rings (SSSR count). The van der Waals surface area contributed by atoms with Crippen LogP contribution in [-0.2, 0) is 4.79 Å². The molecule has 1 aromatic carbocycles. The van der Waals surface area contributed by atoms with Crippen molar-refractivity contribution in [2.45, 2.75) is 37.3 Å². The van der Waals surface area contributed by atoms with Gasteiger partial charge in [0.2, 0.25) is 5.91 Å². The predicted molar refractivity (Wildman–Crippen MR) is 187 cm³/mol. The number of benzene rings is 1. The van der Waals surface area contributed by atoms with Crippen LogP contribution >= 0.6 is 11.3 Å². The number of halogens is 2. The van der Waals surface area contributed by atoms with E-state index in [9.17, 15) is 23.5 Å². The van der Waals surface area contributed by atoms with Crippen LogP contribution in [0.3, 0.4) is 0 Å². The van der Waals surface area contributed by atoms with Crippen molar-refractivity contribution in [3.8, 4) is 17.0 Å². The number of carbonyl (C=O) groups excluding carboxylic acids is 2. The van der Waals surface area contributed by atoms with Gasteiger partial charge in [-0.05, 0) is 62.1 Å². The number of ether oxygens (including phenoxy) is 1. The summed E-state index contributed by atoms with van der Waals surface area (Å²) in [7, 11) is 1.51. The maximum Gasteiger partial charge on any atom is 0.267 e. The van der Waals surface area contributed by atoms with Crippen LogP contribution in [-0.4, -0.2) is 88.2 Å². The highest BCUT2D eigenvalue weighted by Crippen LogP contribution is 2.44. The number of methoxy groups -OCH3 is 1. The van der Waals surface area contributed by atoms with E-state index < -0.39 is 28.8 Å². The normalized spacial score (nSPS) is 16.5. The number of para-hydroxylation sites is 1. The summed E-state index contributed by atoms with van der Waals surface area (Å²) in [5.74, 6) is -1.01. The number of aromatic nitrogens is 3. The molecule has 0 radical (unpaired) electrons. The summed E-state index contributed by atoms with van der Waals surface area (Å²) in [6.45, 7) is 6.45. The first kappa shape index (κ1) is 33.4. The van der Waals surface area contributed by atoms with E-state index in [1.807, 2.05) is 6.07 Å². The lowest BCUT2D eigenvalue weighted by atomic mass is 10.1. The van der Waals surface area contributed by atoms with Crippen molar-refractivity contribution in [1.29, 1.82) is 0 Å². The number of thiazole rings is 1. The summed E-state index contributed by atoms with van der Waals surface area (Å²) >= 11 is 0.983. The van der Waals surface area contributed by atoms with E-state index >= 15 is 0 Å². The average Bonchev–Trinajstić information content (AvgIpc) is 4.06. The minimum absolute atomic E-state index is 0.0889. The van der Waals surface area contributed by atoms with Crippen LogP contribution in [0.1, 0.15) is 35.4 Å². The van der Waals surface area contributed by atoms with E-state index in [-0.39, 0.29) is 10.8 Å². The van der Waals surface area contributed by atoms with Gasteiger partial charge in [-0.2, -0.15) is 0 Å². The molecule has 0 atom stereocenters. The third-order valence-electron chi connectivity index (χ3n) is 9.03. The topological polar surface area (TPSA) is 136 Å². The van der Waals surface area contributed by atoms with Gasteiger partial charge in [0.1, 0.15) is 22.2 Å². The lowest BCUT2D eigenvalue weighted by Crippen LogP contribution is -2.49. The fourth-order valence-corrected chi connectivity index (χ4v) is 6.63. The molecule has 2 amide bonds. The number of rotatable bonds is 12. The van der Waals surface area contributed by atoms with Crippen LogP contribution in [0.5, 0.6) is 5.75 Å². The second kappa shape index (κ2) is 13.6. The number of carbonyl (C=O) groups is 2. The molecule has 3 N–H and O–H groups in total. The van der Waals surface area contributed by atoms with Crippen molar-refractivity contribution in [2.75, 3.05) is 60.3 Å². The standard InChI is InChI=1S/C35H36F2N8O4S/c1-3-29(46)43-13-15-44(16-14-43)32-26(45(22-7-8-22)20-35(48)11-12-35)17-21(18-38-32)25-9-10-27(49-2)31(40-25)42-34-39-19-28(50-34)33(47)41-30-23(36)5-4-6-24(30)37/h3-6,9-10,17-19,22,48H,1,7-8,11-16,20H2,2H3,(H,41,47)(H,39,40,42). The molecular formula is C35H36F2N8O4S. The molecule has 260 valence electrons. The van der Waals surface area contributed by atoms with E-state index in [0.29, 0.717) is 61.2 Å². The lowest BCUT2D eigenvalue weighted by molar-refractivity contribution is -0.126. The fraction of sp³-hybridized carbons (Fsp3) is 0.343. The van der Waals surface area contributed by atoms with Crippen molar-refractivity contribution in [1.82, 2.24) is 19.9 Å². The number of nitrogens with zero attached hydrogens (tertiary/aromatic N) is 6. The Morgan fingerprint density at radius 3 is 2.52 bits per heavy atom. The second-order valence-electron chi connectivity index (χ2n) is 12.6. The Kier molecular flexibility index (Phi) is 9.09. The van der Waals surface area contributed by atoms with Crippen molar-refractivity contribution in [3.05, 3.63) is 78.0 Å². The van der Waals surface area contributed by atoms with E-state index in [2.05, 4.69) is 38.1 Å². The van der Waals surface area contributed by atoms with Crippen molar-refractivity contribution < 1.29 is 28.2 Å². The van der Waals surface area contributed by atoms with Crippen LogP contribution in [0, 0.1) is 11.6 Å². The maximum absolute atomic E-state index is 14.1. The lowest BCUT2D eigenvalue weighted by Gasteiger charge is -2.38. The first-order valence-electron chi connectivity index (χ1n) is 16.3. The minimum atomic E-state index is -0.885.